The maximum absolute atomic E-state index is 14.1. The molecule has 1 aromatic heterocycles. The minimum atomic E-state index is -4.72. The lowest BCUT2D eigenvalue weighted by Gasteiger charge is -2.37. The Labute approximate surface area is 216 Å². The van der Waals surface area contributed by atoms with Crippen molar-refractivity contribution in [3.05, 3.63) is 83.2 Å². The summed E-state index contributed by atoms with van der Waals surface area (Å²) in [6.07, 6.45) is -3.96. The fraction of sp³-hybridized carbons (Fsp3) is 0.333. The van der Waals surface area contributed by atoms with Crippen LogP contribution in [0.4, 0.5) is 29.6 Å². The summed E-state index contributed by atoms with van der Waals surface area (Å²) < 4.78 is 42.3. The third-order valence-corrected chi connectivity index (χ3v) is 7.47. The van der Waals surface area contributed by atoms with E-state index in [0.29, 0.717) is 31.6 Å². The van der Waals surface area contributed by atoms with Crippen molar-refractivity contribution >= 4 is 23.6 Å². The number of primary amides is 1. The molecule has 2 aliphatic rings. The predicted molar refractivity (Wildman–Crippen MR) is 133 cm³/mol. The molecule has 1 aliphatic carbocycles. The maximum atomic E-state index is 14.1. The molecular formula is C27H26F3N5O3. The van der Waals surface area contributed by atoms with Crippen molar-refractivity contribution in [2.45, 2.75) is 37.3 Å². The Kier molecular flexibility index (Phi) is 6.46. The zero-order valence-corrected chi connectivity index (χ0v) is 20.3. The Morgan fingerprint density at radius 2 is 1.76 bits per heavy atom. The molecule has 8 nitrogen and oxygen atoms in total. The van der Waals surface area contributed by atoms with Crippen molar-refractivity contribution in [1.29, 1.82) is 0 Å². The summed E-state index contributed by atoms with van der Waals surface area (Å²) in [5, 5.41) is 12.0. The first-order valence-corrected chi connectivity index (χ1v) is 12.2. The fourth-order valence-corrected chi connectivity index (χ4v) is 5.06. The standard InChI is InChI=1S/C27H26F3N5O3/c28-27(29,30)21-13-32-24(33-19-8-6-17(7-9-19)18-14-35(15-18)25(37)38)34-22(21)20(26(10-11-26)23(31)36)12-16-4-2-1-3-5-16/h1-9,13,18,20H,10-12,14-15H2,(H2,31,36)(H,37,38)(H,32,33,34). The molecule has 0 radical (unpaired) electrons. The van der Waals surface area contributed by atoms with Gasteiger partial charge >= 0.3 is 12.3 Å². The van der Waals surface area contributed by atoms with Crippen LogP contribution in [0.3, 0.4) is 0 Å². The average Bonchev–Trinajstić information content (AvgIpc) is 3.65. The summed E-state index contributed by atoms with van der Waals surface area (Å²) >= 11 is 0. The normalized spacial score (nSPS) is 17.4. The SMILES string of the molecule is NC(=O)C1(C(Cc2ccccc2)c2nc(Nc3ccc(C4CN(C(=O)O)C4)cc3)ncc2C(F)(F)F)CC1. The third kappa shape index (κ3) is 5.00. The molecule has 0 spiro atoms. The number of halogens is 3. The Morgan fingerprint density at radius 3 is 2.32 bits per heavy atom. The number of amides is 2. The number of carbonyl (C=O) groups excluding carboxylic acids is 1. The van der Waals surface area contributed by atoms with E-state index in [1.807, 2.05) is 18.2 Å². The van der Waals surface area contributed by atoms with E-state index in [1.165, 1.54) is 4.90 Å². The van der Waals surface area contributed by atoms with Crippen molar-refractivity contribution in [2.75, 3.05) is 18.4 Å². The van der Waals surface area contributed by atoms with Crippen LogP contribution in [-0.2, 0) is 17.4 Å². The number of carbonyl (C=O) groups is 2. The average molecular weight is 526 g/mol. The van der Waals surface area contributed by atoms with Gasteiger partial charge in [-0.25, -0.2) is 14.8 Å². The number of hydrogen-bond acceptors (Lipinski definition) is 5. The second kappa shape index (κ2) is 9.62. The van der Waals surface area contributed by atoms with Crippen LogP contribution in [0, 0.1) is 5.41 Å². The third-order valence-electron chi connectivity index (χ3n) is 7.47. The predicted octanol–water partition coefficient (Wildman–Crippen LogP) is 4.91. The van der Waals surface area contributed by atoms with Gasteiger partial charge in [0.25, 0.3) is 0 Å². The van der Waals surface area contributed by atoms with E-state index >= 15 is 0 Å². The number of aromatic nitrogens is 2. The van der Waals surface area contributed by atoms with Crippen LogP contribution in [0.2, 0.25) is 0 Å². The highest BCUT2D eigenvalue weighted by Gasteiger charge is 2.57. The summed E-state index contributed by atoms with van der Waals surface area (Å²) in [4.78, 5) is 33.0. The summed E-state index contributed by atoms with van der Waals surface area (Å²) in [5.41, 5.74) is 5.67. The molecule has 2 fully saturated rings. The first-order chi connectivity index (χ1) is 18.1. The van der Waals surface area contributed by atoms with Crippen LogP contribution >= 0.6 is 0 Å². The molecule has 1 saturated carbocycles. The number of hydrogen-bond donors (Lipinski definition) is 3. The van der Waals surface area contributed by atoms with E-state index in [9.17, 15) is 22.8 Å². The van der Waals surface area contributed by atoms with Crippen molar-refractivity contribution in [3.8, 4) is 0 Å². The molecule has 1 aliphatic heterocycles. The van der Waals surface area contributed by atoms with E-state index in [2.05, 4.69) is 15.3 Å². The van der Waals surface area contributed by atoms with Gasteiger partial charge in [-0.15, -0.1) is 0 Å². The van der Waals surface area contributed by atoms with Gasteiger partial charge in [0.15, 0.2) is 0 Å². The Hall–Kier alpha value is -4.15. The zero-order chi connectivity index (χ0) is 27.1. The molecule has 2 aromatic carbocycles. The molecule has 1 unspecified atom stereocenters. The van der Waals surface area contributed by atoms with E-state index in [0.717, 1.165) is 17.3 Å². The van der Waals surface area contributed by atoms with Gasteiger partial charge in [-0.3, -0.25) is 4.79 Å². The van der Waals surface area contributed by atoms with Gasteiger partial charge in [0.2, 0.25) is 11.9 Å². The minimum Gasteiger partial charge on any atom is -0.465 e. The Balaban J connectivity index is 1.45. The number of nitrogens with one attached hydrogen (secondary N) is 1. The summed E-state index contributed by atoms with van der Waals surface area (Å²) in [5.74, 6) is -1.44. The second-order valence-electron chi connectivity index (χ2n) is 9.88. The van der Waals surface area contributed by atoms with Crippen molar-refractivity contribution in [1.82, 2.24) is 14.9 Å². The Bertz CT molecular complexity index is 1340. The van der Waals surface area contributed by atoms with Gasteiger partial charge in [-0.1, -0.05) is 42.5 Å². The zero-order valence-electron chi connectivity index (χ0n) is 20.3. The van der Waals surface area contributed by atoms with Gasteiger partial charge in [0.05, 0.1) is 16.7 Å². The highest BCUT2D eigenvalue weighted by Crippen LogP contribution is 2.58. The number of nitrogens with two attached hydrogens (primary N) is 1. The first-order valence-electron chi connectivity index (χ1n) is 12.2. The molecule has 4 N–H and O–H groups in total. The lowest BCUT2D eigenvalue weighted by molar-refractivity contribution is -0.139. The van der Waals surface area contributed by atoms with Crippen LogP contribution in [0.15, 0.2) is 60.8 Å². The van der Waals surface area contributed by atoms with Crippen LogP contribution in [-0.4, -0.2) is 45.1 Å². The van der Waals surface area contributed by atoms with Crippen LogP contribution in [0.25, 0.3) is 0 Å². The quantitative estimate of drug-likeness (QED) is 0.384. The lowest BCUT2D eigenvalue weighted by Crippen LogP contribution is -2.47. The van der Waals surface area contributed by atoms with Crippen LogP contribution in [0.5, 0.6) is 0 Å². The van der Waals surface area contributed by atoms with Gasteiger partial charge < -0.3 is 21.1 Å². The van der Waals surface area contributed by atoms with Crippen molar-refractivity contribution < 1.29 is 27.9 Å². The fourth-order valence-electron chi connectivity index (χ4n) is 5.06. The minimum absolute atomic E-state index is 0.0280. The van der Waals surface area contributed by atoms with Crippen LogP contribution in [0.1, 0.15) is 47.1 Å². The summed E-state index contributed by atoms with van der Waals surface area (Å²) in [7, 11) is 0. The number of likely N-dealkylation sites (tertiary alicyclic amines) is 1. The molecule has 1 saturated heterocycles. The number of carboxylic acid groups (broad SMARTS) is 1. The number of alkyl halides is 3. The maximum Gasteiger partial charge on any atom is 0.419 e. The van der Waals surface area contributed by atoms with E-state index in [-0.39, 0.29) is 24.0 Å². The van der Waals surface area contributed by atoms with Gasteiger partial charge in [0.1, 0.15) is 0 Å². The second-order valence-corrected chi connectivity index (χ2v) is 9.88. The number of rotatable bonds is 8. The smallest absolute Gasteiger partial charge is 0.419 e. The van der Waals surface area contributed by atoms with Gasteiger partial charge in [0, 0.05) is 36.8 Å². The molecule has 198 valence electrons. The summed E-state index contributed by atoms with van der Waals surface area (Å²) in [6, 6.07) is 16.2. The lowest BCUT2D eigenvalue weighted by atomic mass is 9.79. The van der Waals surface area contributed by atoms with Crippen molar-refractivity contribution in [2.24, 2.45) is 11.1 Å². The molecule has 11 heteroatoms. The van der Waals surface area contributed by atoms with Crippen LogP contribution < -0.4 is 11.1 Å². The molecule has 38 heavy (non-hydrogen) atoms. The molecule has 2 heterocycles. The highest BCUT2D eigenvalue weighted by atomic mass is 19.4. The first kappa shape index (κ1) is 25.5. The highest BCUT2D eigenvalue weighted by molar-refractivity contribution is 5.85. The van der Waals surface area contributed by atoms with E-state index in [4.69, 9.17) is 10.8 Å². The number of anilines is 2. The molecule has 3 aromatic rings. The summed E-state index contributed by atoms with van der Waals surface area (Å²) in [6.45, 7) is 0.829. The molecule has 1 atom stereocenters. The number of nitrogens with zero attached hydrogens (tertiary/aromatic N) is 3. The van der Waals surface area contributed by atoms with Crippen molar-refractivity contribution in [3.63, 3.8) is 0 Å². The van der Waals surface area contributed by atoms with Gasteiger partial charge in [-0.05, 0) is 42.5 Å². The largest absolute Gasteiger partial charge is 0.465 e. The molecule has 5 rings (SSSR count). The Morgan fingerprint density at radius 1 is 1.11 bits per heavy atom. The molecule has 0 bridgehead atoms. The van der Waals surface area contributed by atoms with E-state index in [1.54, 1.807) is 36.4 Å². The molecule has 2 amide bonds. The van der Waals surface area contributed by atoms with Gasteiger partial charge in [-0.2, -0.15) is 13.2 Å². The topological polar surface area (TPSA) is 121 Å². The molecular weight excluding hydrogens is 499 g/mol. The number of benzene rings is 2. The van der Waals surface area contributed by atoms with E-state index < -0.39 is 35.1 Å². The monoisotopic (exact) mass is 525 g/mol.